The average molecular weight is 437 g/mol. The van der Waals surface area contributed by atoms with Crippen molar-refractivity contribution in [2.75, 3.05) is 19.0 Å². The Balaban J connectivity index is 1.60. The van der Waals surface area contributed by atoms with Gasteiger partial charge in [-0.2, -0.15) is 0 Å². The molecule has 2 atom stereocenters. The first kappa shape index (κ1) is 21.8. The summed E-state index contributed by atoms with van der Waals surface area (Å²) in [5.74, 6) is -0.527. The molecule has 2 aliphatic rings. The Morgan fingerprint density at radius 1 is 1.16 bits per heavy atom. The molecule has 8 nitrogen and oxygen atoms in total. The molecule has 2 aromatic rings. The molecular formula is C24H27N3O5. The number of benzene rings is 2. The molecular weight excluding hydrogens is 410 g/mol. The second-order valence-corrected chi connectivity index (χ2v) is 8.25. The first-order valence-electron chi connectivity index (χ1n) is 10.7. The van der Waals surface area contributed by atoms with Gasteiger partial charge in [0.25, 0.3) is 0 Å². The predicted octanol–water partition coefficient (Wildman–Crippen LogP) is 2.92. The van der Waals surface area contributed by atoms with Gasteiger partial charge in [-0.05, 0) is 43.0 Å². The second kappa shape index (κ2) is 9.40. The van der Waals surface area contributed by atoms with Gasteiger partial charge in [-0.25, -0.2) is 4.79 Å². The number of aryl methyl sites for hydroxylation is 1. The highest BCUT2D eigenvalue weighted by molar-refractivity contribution is 5.92. The van der Waals surface area contributed by atoms with Crippen molar-refractivity contribution in [1.29, 1.82) is 0 Å². The molecule has 0 radical (unpaired) electrons. The highest BCUT2D eigenvalue weighted by Gasteiger charge is 2.47. The maximum absolute atomic E-state index is 13.2. The highest BCUT2D eigenvalue weighted by Crippen LogP contribution is 2.35. The van der Waals surface area contributed by atoms with Crippen molar-refractivity contribution < 1.29 is 23.9 Å². The number of methoxy groups -OCH3 is 1. The van der Waals surface area contributed by atoms with E-state index in [0.29, 0.717) is 11.3 Å². The van der Waals surface area contributed by atoms with Gasteiger partial charge in [-0.3, -0.25) is 14.5 Å². The van der Waals surface area contributed by atoms with Gasteiger partial charge in [-0.1, -0.05) is 42.0 Å². The molecule has 1 heterocycles. The first-order valence-corrected chi connectivity index (χ1v) is 10.7. The largest absolute Gasteiger partial charge is 0.438 e. The quantitative estimate of drug-likeness (QED) is 0.662. The fourth-order valence-electron chi connectivity index (χ4n) is 3.74. The van der Waals surface area contributed by atoms with Crippen LogP contribution in [0, 0.1) is 6.92 Å². The van der Waals surface area contributed by atoms with Gasteiger partial charge in [0, 0.05) is 18.8 Å². The number of anilines is 1. The van der Waals surface area contributed by atoms with Crippen LogP contribution in [0.15, 0.2) is 48.5 Å². The summed E-state index contributed by atoms with van der Waals surface area (Å²) in [7, 11) is 1.44. The van der Waals surface area contributed by atoms with Crippen molar-refractivity contribution >= 4 is 23.6 Å². The molecule has 0 bridgehead atoms. The van der Waals surface area contributed by atoms with E-state index in [1.165, 1.54) is 12.0 Å². The fraction of sp³-hybridized carbons (Fsp3) is 0.375. The molecule has 32 heavy (non-hydrogen) atoms. The van der Waals surface area contributed by atoms with Crippen LogP contribution in [0.25, 0.3) is 0 Å². The number of amides is 3. The minimum Gasteiger partial charge on any atom is -0.438 e. The Hall–Kier alpha value is -3.39. The zero-order valence-corrected chi connectivity index (χ0v) is 18.2. The van der Waals surface area contributed by atoms with Crippen molar-refractivity contribution in [1.82, 2.24) is 10.2 Å². The van der Waals surface area contributed by atoms with Gasteiger partial charge < -0.3 is 20.1 Å². The van der Waals surface area contributed by atoms with Crippen molar-refractivity contribution in [2.24, 2.45) is 0 Å². The number of nitrogens with one attached hydrogen (secondary N) is 2. The van der Waals surface area contributed by atoms with Gasteiger partial charge in [0.05, 0.1) is 6.54 Å². The highest BCUT2D eigenvalue weighted by atomic mass is 16.6. The third-order valence-electron chi connectivity index (χ3n) is 5.53. The summed E-state index contributed by atoms with van der Waals surface area (Å²) in [5, 5.41) is 5.75. The molecule has 1 saturated carbocycles. The molecule has 1 saturated heterocycles. The van der Waals surface area contributed by atoms with Crippen molar-refractivity contribution in [3.8, 4) is 0 Å². The molecule has 2 unspecified atom stereocenters. The van der Waals surface area contributed by atoms with E-state index in [2.05, 4.69) is 10.6 Å². The maximum atomic E-state index is 13.2. The molecule has 2 N–H and O–H groups in total. The molecule has 8 heteroatoms. The van der Waals surface area contributed by atoms with E-state index in [4.69, 9.17) is 9.47 Å². The second-order valence-electron chi connectivity index (χ2n) is 8.25. The van der Waals surface area contributed by atoms with Gasteiger partial charge >= 0.3 is 6.09 Å². The van der Waals surface area contributed by atoms with Gasteiger partial charge in [0.15, 0.2) is 12.1 Å². The van der Waals surface area contributed by atoms with Crippen LogP contribution in [0.4, 0.5) is 10.5 Å². The number of cyclic esters (lactones) is 1. The molecule has 0 aromatic heterocycles. The summed E-state index contributed by atoms with van der Waals surface area (Å²) in [4.78, 5) is 39.3. The SMILES string of the molecule is COCC(=O)Nc1cccc(C2OC(=O)N(Cc3ccc(C)cc3)C2C(=O)NC2CC2)c1. The van der Waals surface area contributed by atoms with Crippen LogP contribution in [0.5, 0.6) is 0 Å². The van der Waals surface area contributed by atoms with Crippen LogP contribution in [-0.4, -0.2) is 48.6 Å². The van der Waals surface area contributed by atoms with Gasteiger partial charge in [0.2, 0.25) is 11.8 Å². The Morgan fingerprint density at radius 2 is 1.91 bits per heavy atom. The maximum Gasteiger partial charge on any atom is 0.411 e. The summed E-state index contributed by atoms with van der Waals surface area (Å²) in [6.07, 6.45) is 0.555. The van der Waals surface area contributed by atoms with Crippen LogP contribution in [0.3, 0.4) is 0 Å². The van der Waals surface area contributed by atoms with Gasteiger partial charge in [0.1, 0.15) is 6.61 Å². The number of hydrogen-bond acceptors (Lipinski definition) is 5. The first-order chi connectivity index (χ1) is 15.4. The average Bonchev–Trinajstić information content (AvgIpc) is 3.52. The number of nitrogens with zero attached hydrogens (tertiary/aromatic N) is 1. The lowest BCUT2D eigenvalue weighted by molar-refractivity contribution is -0.126. The van der Waals surface area contributed by atoms with E-state index >= 15 is 0 Å². The molecule has 3 amide bonds. The van der Waals surface area contributed by atoms with E-state index in [1.807, 2.05) is 31.2 Å². The minimum absolute atomic E-state index is 0.0701. The lowest BCUT2D eigenvalue weighted by Crippen LogP contribution is -2.46. The zero-order chi connectivity index (χ0) is 22.7. The fourth-order valence-corrected chi connectivity index (χ4v) is 3.74. The van der Waals surface area contributed by atoms with E-state index in [0.717, 1.165) is 24.0 Å². The van der Waals surface area contributed by atoms with Gasteiger partial charge in [-0.15, -0.1) is 0 Å². The molecule has 2 aromatic carbocycles. The number of ether oxygens (including phenoxy) is 2. The smallest absolute Gasteiger partial charge is 0.411 e. The molecule has 1 aliphatic heterocycles. The van der Waals surface area contributed by atoms with Crippen molar-refractivity contribution in [3.63, 3.8) is 0 Å². The standard InChI is InChI=1S/C24H27N3O5/c1-15-6-8-16(9-7-15)13-27-21(23(29)26-18-10-11-18)22(32-24(27)30)17-4-3-5-19(12-17)25-20(28)14-31-2/h3-9,12,18,21-22H,10-11,13-14H2,1-2H3,(H,25,28)(H,26,29). The van der Waals surface area contributed by atoms with E-state index in [-0.39, 0.29) is 31.0 Å². The topological polar surface area (TPSA) is 97.0 Å². The summed E-state index contributed by atoms with van der Waals surface area (Å²) in [6.45, 7) is 2.19. The molecule has 0 spiro atoms. The minimum atomic E-state index is -0.811. The monoisotopic (exact) mass is 437 g/mol. The van der Waals surface area contributed by atoms with Crippen LogP contribution < -0.4 is 10.6 Å². The van der Waals surface area contributed by atoms with E-state index in [1.54, 1.807) is 24.3 Å². The molecule has 4 rings (SSSR count). The predicted molar refractivity (Wildman–Crippen MR) is 118 cm³/mol. The zero-order valence-electron chi connectivity index (χ0n) is 18.2. The van der Waals surface area contributed by atoms with Crippen molar-refractivity contribution in [2.45, 2.75) is 44.5 Å². The van der Waals surface area contributed by atoms with E-state index < -0.39 is 18.2 Å². The Bertz CT molecular complexity index is 1000. The number of rotatable bonds is 8. The summed E-state index contributed by atoms with van der Waals surface area (Å²) < 4.78 is 10.5. The summed E-state index contributed by atoms with van der Waals surface area (Å²) in [5.41, 5.74) is 3.21. The third kappa shape index (κ3) is 5.08. The molecule has 168 valence electrons. The third-order valence-corrected chi connectivity index (χ3v) is 5.53. The van der Waals surface area contributed by atoms with Crippen LogP contribution >= 0.6 is 0 Å². The summed E-state index contributed by atoms with van der Waals surface area (Å²) >= 11 is 0. The van der Waals surface area contributed by atoms with Crippen LogP contribution in [0.2, 0.25) is 0 Å². The molecule has 1 aliphatic carbocycles. The Kier molecular flexibility index (Phi) is 6.41. The number of carbonyl (C=O) groups is 3. The normalized spacial score (nSPS) is 20.1. The van der Waals surface area contributed by atoms with Crippen molar-refractivity contribution in [3.05, 3.63) is 65.2 Å². The van der Waals surface area contributed by atoms with E-state index in [9.17, 15) is 14.4 Å². The summed E-state index contributed by atoms with van der Waals surface area (Å²) in [6, 6.07) is 14.2. The molecule has 2 fully saturated rings. The lowest BCUT2D eigenvalue weighted by atomic mass is 10.00. The number of carbonyl (C=O) groups excluding carboxylic acids is 3. The van der Waals surface area contributed by atoms with Crippen LogP contribution in [0.1, 0.15) is 35.6 Å². The lowest BCUT2D eigenvalue weighted by Gasteiger charge is -2.24. The van der Waals surface area contributed by atoms with Crippen LogP contribution in [-0.2, 0) is 25.6 Å². The Morgan fingerprint density at radius 3 is 2.59 bits per heavy atom. The number of hydrogen-bond donors (Lipinski definition) is 2. The Labute approximate surface area is 186 Å².